The van der Waals surface area contributed by atoms with Crippen LogP contribution in [0.15, 0.2) is 27.6 Å². The Kier molecular flexibility index (Phi) is 5.77. The van der Waals surface area contributed by atoms with Gasteiger partial charge in [-0.1, -0.05) is 13.8 Å². The van der Waals surface area contributed by atoms with Crippen molar-refractivity contribution in [1.29, 1.82) is 0 Å². The lowest BCUT2D eigenvalue weighted by molar-refractivity contribution is 0.462. The van der Waals surface area contributed by atoms with E-state index in [2.05, 4.69) is 35.1 Å². The Bertz CT molecular complexity index is 372. The van der Waals surface area contributed by atoms with E-state index in [1.807, 2.05) is 12.3 Å². The maximum absolute atomic E-state index is 11.7. The van der Waals surface area contributed by atoms with Crippen molar-refractivity contribution in [2.75, 3.05) is 6.54 Å². The van der Waals surface area contributed by atoms with Crippen LogP contribution in [0.25, 0.3) is 0 Å². The third kappa shape index (κ3) is 3.76. The lowest BCUT2D eigenvalue weighted by atomic mass is 10.2. The maximum atomic E-state index is 11.7. The second-order valence-corrected chi connectivity index (χ2v) is 4.68. The third-order valence-corrected chi connectivity index (χ3v) is 3.35. The SMILES string of the molecule is CCC(CC)NCCn1cccc(Br)c1=O. The van der Waals surface area contributed by atoms with Crippen LogP contribution in [0.3, 0.4) is 0 Å². The summed E-state index contributed by atoms with van der Waals surface area (Å²) >= 11 is 3.24. The highest BCUT2D eigenvalue weighted by atomic mass is 79.9. The maximum Gasteiger partial charge on any atom is 0.264 e. The van der Waals surface area contributed by atoms with Crippen molar-refractivity contribution < 1.29 is 0 Å². The Morgan fingerprint density at radius 2 is 2.12 bits per heavy atom. The van der Waals surface area contributed by atoms with E-state index >= 15 is 0 Å². The average molecular weight is 287 g/mol. The molecule has 90 valence electrons. The van der Waals surface area contributed by atoms with Gasteiger partial charge in [0, 0.05) is 25.3 Å². The van der Waals surface area contributed by atoms with Crippen molar-refractivity contribution in [3.8, 4) is 0 Å². The molecule has 0 aliphatic heterocycles. The molecule has 0 bridgehead atoms. The van der Waals surface area contributed by atoms with E-state index in [0.717, 1.165) is 25.9 Å². The van der Waals surface area contributed by atoms with Crippen LogP contribution in [0.2, 0.25) is 0 Å². The first-order valence-electron chi connectivity index (χ1n) is 5.77. The van der Waals surface area contributed by atoms with E-state index < -0.39 is 0 Å². The van der Waals surface area contributed by atoms with E-state index in [1.54, 1.807) is 10.6 Å². The summed E-state index contributed by atoms with van der Waals surface area (Å²) in [5.74, 6) is 0. The first-order valence-corrected chi connectivity index (χ1v) is 6.56. The van der Waals surface area contributed by atoms with E-state index in [0.29, 0.717) is 10.5 Å². The minimum atomic E-state index is 0.0360. The Morgan fingerprint density at radius 3 is 2.75 bits per heavy atom. The van der Waals surface area contributed by atoms with Crippen LogP contribution < -0.4 is 10.9 Å². The largest absolute Gasteiger partial charge is 0.313 e. The summed E-state index contributed by atoms with van der Waals surface area (Å²) in [5, 5.41) is 3.44. The van der Waals surface area contributed by atoms with Crippen LogP contribution in [0, 0.1) is 0 Å². The number of rotatable bonds is 6. The highest BCUT2D eigenvalue weighted by molar-refractivity contribution is 9.10. The van der Waals surface area contributed by atoms with Gasteiger partial charge in [-0.2, -0.15) is 0 Å². The summed E-state index contributed by atoms with van der Waals surface area (Å²) in [6.45, 7) is 5.90. The van der Waals surface area contributed by atoms with E-state index in [4.69, 9.17) is 0 Å². The number of hydrogen-bond donors (Lipinski definition) is 1. The molecule has 0 aliphatic rings. The van der Waals surface area contributed by atoms with Crippen LogP contribution in [-0.2, 0) is 6.54 Å². The van der Waals surface area contributed by atoms with Gasteiger partial charge in [0.15, 0.2) is 0 Å². The van der Waals surface area contributed by atoms with Crippen LogP contribution >= 0.6 is 15.9 Å². The first-order chi connectivity index (χ1) is 7.69. The summed E-state index contributed by atoms with van der Waals surface area (Å²) in [7, 11) is 0. The van der Waals surface area contributed by atoms with Crippen molar-refractivity contribution in [3.05, 3.63) is 33.2 Å². The highest BCUT2D eigenvalue weighted by Gasteiger charge is 2.03. The van der Waals surface area contributed by atoms with Gasteiger partial charge < -0.3 is 9.88 Å². The standard InChI is InChI=1S/C12H19BrN2O/c1-3-10(4-2)14-7-9-15-8-5-6-11(13)12(15)16/h5-6,8,10,14H,3-4,7,9H2,1-2H3. The number of pyridine rings is 1. The summed E-state index contributed by atoms with van der Waals surface area (Å²) < 4.78 is 2.34. The van der Waals surface area contributed by atoms with Crippen molar-refractivity contribution in [2.24, 2.45) is 0 Å². The van der Waals surface area contributed by atoms with Gasteiger partial charge in [0.1, 0.15) is 0 Å². The predicted octanol–water partition coefficient (Wildman–Crippen LogP) is 2.39. The fraction of sp³-hybridized carbons (Fsp3) is 0.583. The molecule has 1 heterocycles. The summed E-state index contributed by atoms with van der Waals surface area (Å²) in [6, 6.07) is 4.21. The van der Waals surface area contributed by atoms with Crippen molar-refractivity contribution >= 4 is 15.9 Å². The van der Waals surface area contributed by atoms with Crippen molar-refractivity contribution in [1.82, 2.24) is 9.88 Å². The van der Waals surface area contributed by atoms with Gasteiger partial charge in [0.05, 0.1) is 4.47 Å². The van der Waals surface area contributed by atoms with E-state index in [-0.39, 0.29) is 5.56 Å². The molecule has 1 aromatic rings. The topological polar surface area (TPSA) is 34.0 Å². The molecule has 0 spiro atoms. The van der Waals surface area contributed by atoms with Gasteiger partial charge in [-0.05, 0) is 40.9 Å². The van der Waals surface area contributed by atoms with Crippen LogP contribution in [0.5, 0.6) is 0 Å². The normalized spacial score (nSPS) is 11.0. The molecule has 0 fully saturated rings. The van der Waals surface area contributed by atoms with E-state index in [1.165, 1.54) is 0 Å². The molecule has 0 amide bonds. The van der Waals surface area contributed by atoms with Gasteiger partial charge in [-0.25, -0.2) is 0 Å². The number of aromatic nitrogens is 1. The van der Waals surface area contributed by atoms with E-state index in [9.17, 15) is 4.79 Å². The molecule has 0 unspecified atom stereocenters. The lowest BCUT2D eigenvalue weighted by Gasteiger charge is -2.15. The molecular weight excluding hydrogens is 268 g/mol. The van der Waals surface area contributed by atoms with Gasteiger partial charge in [0.25, 0.3) is 5.56 Å². The fourth-order valence-electron chi connectivity index (χ4n) is 1.65. The van der Waals surface area contributed by atoms with Gasteiger partial charge in [-0.15, -0.1) is 0 Å². The zero-order valence-electron chi connectivity index (χ0n) is 9.87. The fourth-order valence-corrected chi connectivity index (χ4v) is 2.03. The van der Waals surface area contributed by atoms with Gasteiger partial charge >= 0.3 is 0 Å². The lowest BCUT2D eigenvalue weighted by Crippen LogP contribution is -2.33. The number of nitrogens with zero attached hydrogens (tertiary/aromatic N) is 1. The number of nitrogens with one attached hydrogen (secondary N) is 1. The molecule has 0 radical (unpaired) electrons. The molecule has 1 N–H and O–H groups in total. The van der Waals surface area contributed by atoms with Crippen LogP contribution in [-0.4, -0.2) is 17.2 Å². The summed E-state index contributed by atoms with van der Waals surface area (Å²) in [6.07, 6.45) is 4.08. The molecule has 0 aliphatic carbocycles. The Balaban J connectivity index is 2.49. The Hall–Kier alpha value is -0.610. The zero-order chi connectivity index (χ0) is 12.0. The molecule has 0 atom stereocenters. The first kappa shape index (κ1) is 13.5. The Morgan fingerprint density at radius 1 is 1.44 bits per heavy atom. The molecule has 0 saturated heterocycles. The Labute approximate surface area is 105 Å². The monoisotopic (exact) mass is 286 g/mol. The number of halogens is 1. The molecule has 0 saturated carbocycles. The minimum absolute atomic E-state index is 0.0360. The second kappa shape index (κ2) is 6.86. The smallest absolute Gasteiger partial charge is 0.264 e. The quantitative estimate of drug-likeness (QED) is 0.871. The molecule has 0 aromatic carbocycles. The van der Waals surface area contributed by atoms with Crippen molar-refractivity contribution in [2.45, 2.75) is 39.3 Å². The molecule has 3 nitrogen and oxygen atoms in total. The predicted molar refractivity (Wildman–Crippen MR) is 70.8 cm³/mol. The highest BCUT2D eigenvalue weighted by Crippen LogP contribution is 2.00. The van der Waals surface area contributed by atoms with Crippen LogP contribution in [0.1, 0.15) is 26.7 Å². The average Bonchev–Trinajstić information content (AvgIpc) is 2.30. The minimum Gasteiger partial charge on any atom is -0.313 e. The second-order valence-electron chi connectivity index (χ2n) is 3.82. The summed E-state index contributed by atoms with van der Waals surface area (Å²) in [4.78, 5) is 11.7. The number of hydrogen-bond acceptors (Lipinski definition) is 2. The third-order valence-electron chi connectivity index (χ3n) is 2.75. The molecule has 1 rings (SSSR count). The van der Waals surface area contributed by atoms with Crippen molar-refractivity contribution in [3.63, 3.8) is 0 Å². The molecule has 16 heavy (non-hydrogen) atoms. The summed E-state index contributed by atoms with van der Waals surface area (Å²) in [5.41, 5.74) is 0.0360. The van der Waals surface area contributed by atoms with Gasteiger partial charge in [0.2, 0.25) is 0 Å². The molecule has 4 heteroatoms. The van der Waals surface area contributed by atoms with Gasteiger partial charge in [-0.3, -0.25) is 4.79 Å². The zero-order valence-corrected chi connectivity index (χ0v) is 11.5. The molecular formula is C12H19BrN2O. The molecule has 1 aromatic heterocycles. The van der Waals surface area contributed by atoms with Crippen LogP contribution in [0.4, 0.5) is 0 Å².